The lowest BCUT2D eigenvalue weighted by Gasteiger charge is -2.04. The zero-order chi connectivity index (χ0) is 14.8. The average molecular weight is 297 g/mol. The Kier molecular flexibility index (Phi) is 3.80. The molecule has 1 heterocycles. The van der Waals surface area contributed by atoms with Gasteiger partial charge in [-0.25, -0.2) is 4.68 Å². The first-order valence-electron chi connectivity index (χ1n) is 6.96. The minimum atomic E-state index is 0.453. The standard InChI is InChI=1S/C18H17ClN2/c1-13-8-9-15(10-14(13)2)18-16(11-19)12-21(20-18)17-6-4-3-5-7-17/h3-10,12H,11H2,1-2H3. The summed E-state index contributed by atoms with van der Waals surface area (Å²) in [6.07, 6.45) is 2.01. The van der Waals surface area contributed by atoms with Crippen LogP contribution < -0.4 is 0 Å². The molecule has 0 radical (unpaired) electrons. The van der Waals surface area contributed by atoms with E-state index in [1.165, 1.54) is 11.1 Å². The Bertz CT molecular complexity index is 760. The Morgan fingerprint density at radius 3 is 2.43 bits per heavy atom. The number of rotatable bonds is 3. The summed E-state index contributed by atoms with van der Waals surface area (Å²) in [5.41, 5.74) is 6.71. The lowest BCUT2D eigenvalue weighted by atomic mass is 10.0. The average Bonchev–Trinajstić information content (AvgIpc) is 2.95. The van der Waals surface area contributed by atoms with Crippen molar-refractivity contribution in [2.24, 2.45) is 0 Å². The van der Waals surface area contributed by atoms with Crippen LogP contribution in [0.25, 0.3) is 16.9 Å². The Morgan fingerprint density at radius 2 is 1.76 bits per heavy atom. The van der Waals surface area contributed by atoms with E-state index in [9.17, 15) is 0 Å². The van der Waals surface area contributed by atoms with Gasteiger partial charge in [-0.3, -0.25) is 0 Å². The van der Waals surface area contributed by atoms with Crippen molar-refractivity contribution in [2.75, 3.05) is 0 Å². The molecule has 0 amide bonds. The normalized spacial score (nSPS) is 10.8. The van der Waals surface area contributed by atoms with Gasteiger partial charge in [-0.1, -0.05) is 30.3 Å². The molecule has 3 aromatic rings. The first-order chi connectivity index (χ1) is 10.2. The van der Waals surface area contributed by atoms with E-state index >= 15 is 0 Å². The minimum Gasteiger partial charge on any atom is -0.240 e. The maximum atomic E-state index is 6.10. The van der Waals surface area contributed by atoms with E-state index in [0.29, 0.717) is 5.88 Å². The Labute approximate surface area is 130 Å². The maximum absolute atomic E-state index is 6.10. The van der Waals surface area contributed by atoms with Gasteiger partial charge in [0.05, 0.1) is 17.3 Å². The van der Waals surface area contributed by atoms with Crippen LogP contribution in [0.4, 0.5) is 0 Å². The number of aryl methyl sites for hydroxylation is 2. The molecule has 0 atom stereocenters. The second kappa shape index (κ2) is 5.74. The van der Waals surface area contributed by atoms with E-state index in [-0.39, 0.29) is 0 Å². The molecule has 0 unspecified atom stereocenters. The van der Waals surface area contributed by atoms with Crippen LogP contribution >= 0.6 is 11.6 Å². The highest BCUT2D eigenvalue weighted by atomic mass is 35.5. The highest BCUT2D eigenvalue weighted by Crippen LogP contribution is 2.26. The van der Waals surface area contributed by atoms with Gasteiger partial charge in [0.25, 0.3) is 0 Å². The summed E-state index contributed by atoms with van der Waals surface area (Å²) in [6, 6.07) is 16.5. The van der Waals surface area contributed by atoms with Gasteiger partial charge in [-0.15, -0.1) is 11.6 Å². The topological polar surface area (TPSA) is 17.8 Å². The number of aromatic nitrogens is 2. The summed E-state index contributed by atoms with van der Waals surface area (Å²) in [4.78, 5) is 0. The highest BCUT2D eigenvalue weighted by Gasteiger charge is 2.12. The highest BCUT2D eigenvalue weighted by molar-refractivity contribution is 6.17. The summed E-state index contributed by atoms with van der Waals surface area (Å²) >= 11 is 6.10. The molecule has 0 spiro atoms. The first-order valence-corrected chi connectivity index (χ1v) is 7.50. The zero-order valence-corrected chi connectivity index (χ0v) is 12.9. The molecule has 2 nitrogen and oxygen atoms in total. The van der Waals surface area contributed by atoms with E-state index < -0.39 is 0 Å². The van der Waals surface area contributed by atoms with Crippen molar-refractivity contribution >= 4 is 11.6 Å². The zero-order valence-electron chi connectivity index (χ0n) is 12.2. The van der Waals surface area contributed by atoms with E-state index in [1.54, 1.807) is 0 Å². The quantitative estimate of drug-likeness (QED) is 0.629. The maximum Gasteiger partial charge on any atom is 0.0971 e. The van der Waals surface area contributed by atoms with Gasteiger partial charge in [0.15, 0.2) is 0 Å². The van der Waals surface area contributed by atoms with Gasteiger partial charge in [0.1, 0.15) is 0 Å². The van der Waals surface area contributed by atoms with Crippen LogP contribution in [-0.4, -0.2) is 9.78 Å². The number of hydrogen-bond donors (Lipinski definition) is 0. The molecule has 0 bridgehead atoms. The molecule has 106 valence electrons. The van der Waals surface area contributed by atoms with Gasteiger partial charge in [0, 0.05) is 17.3 Å². The van der Waals surface area contributed by atoms with E-state index in [1.807, 2.05) is 41.2 Å². The van der Waals surface area contributed by atoms with Crippen molar-refractivity contribution in [3.8, 4) is 16.9 Å². The SMILES string of the molecule is Cc1ccc(-c2nn(-c3ccccc3)cc2CCl)cc1C. The Morgan fingerprint density at radius 1 is 1.00 bits per heavy atom. The molecule has 0 N–H and O–H groups in total. The van der Waals surface area contributed by atoms with Crippen LogP contribution in [-0.2, 0) is 5.88 Å². The fourth-order valence-corrected chi connectivity index (χ4v) is 2.55. The fraction of sp³-hybridized carbons (Fsp3) is 0.167. The molecule has 21 heavy (non-hydrogen) atoms. The van der Waals surface area contributed by atoms with Crippen LogP contribution in [0.2, 0.25) is 0 Å². The molecule has 1 aromatic heterocycles. The summed E-state index contributed by atoms with van der Waals surface area (Å²) in [6.45, 7) is 4.23. The number of hydrogen-bond acceptors (Lipinski definition) is 1. The number of nitrogens with zero attached hydrogens (tertiary/aromatic N) is 2. The van der Waals surface area contributed by atoms with Crippen molar-refractivity contribution < 1.29 is 0 Å². The molecule has 0 aliphatic rings. The number of para-hydroxylation sites is 1. The van der Waals surface area contributed by atoms with Crippen LogP contribution in [0.3, 0.4) is 0 Å². The Balaban J connectivity index is 2.10. The summed E-state index contributed by atoms with van der Waals surface area (Å²) in [5.74, 6) is 0.453. The van der Waals surface area contributed by atoms with Crippen molar-refractivity contribution in [3.05, 3.63) is 71.4 Å². The molecule has 0 saturated heterocycles. The minimum absolute atomic E-state index is 0.453. The molecule has 2 aromatic carbocycles. The summed E-state index contributed by atoms with van der Waals surface area (Å²) in [7, 11) is 0. The van der Waals surface area contributed by atoms with Crippen molar-refractivity contribution in [1.82, 2.24) is 9.78 Å². The predicted molar refractivity (Wildman–Crippen MR) is 88.0 cm³/mol. The van der Waals surface area contributed by atoms with Crippen molar-refractivity contribution in [2.45, 2.75) is 19.7 Å². The number of halogens is 1. The van der Waals surface area contributed by atoms with Crippen LogP contribution in [0.5, 0.6) is 0 Å². The van der Waals surface area contributed by atoms with Gasteiger partial charge < -0.3 is 0 Å². The molecule has 0 saturated carbocycles. The first kappa shape index (κ1) is 13.9. The largest absolute Gasteiger partial charge is 0.240 e. The third-order valence-corrected chi connectivity index (χ3v) is 4.02. The molecule has 0 aliphatic heterocycles. The predicted octanol–water partition coefficient (Wildman–Crippen LogP) is 4.89. The second-order valence-electron chi connectivity index (χ2n) is 5.22. The molecular formula is C18H17ClN2. The van der Waals surface area contributed by atoms with Crippen molar-refractivity contribution in [1.29, 1.82) is 0 Å². The lowest BCUT2D eigenvalue weighted by Crippen LogP contribution is -1.94. The number of benzene rings is 2. The molecular weight excluding hydrogens is 280 g/mol. The monoisotopic (exact) mass is 296 g/mol. The molecule has 3 rings (SSSR count). The molecule has 0 fully saturated rings. The fourth-order valence-electron chi connectivity index (χ4n) is 2.35. The van der Waals surface area contributed by atoms with Gasteiger partial charge in [0.2, 0.25) is 0 Å². The van der Waals surface area contributed by atoms with Crippen LogP contribution in [0.15, 0.2) is 54.7 Å². The third kappa shape index (κ3) is 2.72. The summed E-state index contributed by atoms with van der Waals surface area (Å²) < 4.78 is 1.89. The van der Waals surface area contributed by atoms with Crippen LogP contribution in [0.1, 0.15) is 16.7 Å². The lowest BCUT2D eigenvalue weighted by molar-refractivity contribution is 0.884. The smallest absolute Gasteiger partial charge is 0.0971 e. The Hall–Kier alpha value is -2.06. The van der Waals surface area contributed by atoms with Gasteiger partial charge in [-0.05, 0) is 43.2 Å². The molecule has 3 heteroatoms. The van der Waals surface area contributed by atoms with Crippen molar-refractivity contribution in [3.63, 3.8) is 0 Å². The summed E-state index contributed by atoms with van der Waals surface area (Å²) in [5, 5.41) is 4.72. The molecule has 0 aliphatic carbocycles. The van der Waals surface area contributed by atoms with E-state index in [2.05, 4.69) is 32.0 Å². The number of alkyl halides is 1. The van der Waals surface area contributed by atoms with Gasteiger partial charge in [-0.2, -0.15) is 5.10 Å². The van der Waals surface area contributed by atoms with Crippen LogP contribution in [0, 0.1) is 13.8 Å². The third-order valence-electron chi connectivity index (χ3n) is 3.74. The second-order valence-corrected chi connectivity index (χ2v) is 5.48. The van der Waals surface area contributed by atoms with E-state index in [4.69, 9.17) is 16.7 Å². The van der Waals surface area contributed by atoms with Gasteiger partial charge >= 0.3 is 0 Å². The van der Waals surface area contributed by atoms with E-state index in [0.717, 1.165) is 22.5 Å².